The van der Waals surface area contributed by atoms with E-state index in [1.54, 1.807) is 11.9 Å². The van der Waals surface area contributed by atoms with Crippen molar-refractivity contribution in [1.29, 1.82) is 5.26 Å². The van der Waals surface area contributed by atoms with E-state index in [0.29, 0.717) is 30.9 Å². The maximum absolute atomic E-state index is 17.4. The van der Waals surface area contributed by atoms with Gasteiger partial charge < -0.3 is 19.6 Å². The van der Waals surface area contributed by atoms with Crippen molar-refractivity contribution in [3.8, 4) is 41.3 Å². The van der Waals surface area contributed by atoms with Crippen LogP contribution in [0, 0.1) is 40.7 Å². The van der Waals surface area contributed by atoms with Crippen molar-refractivity contribution in [1.82, 2.24) is 19.8 Å². The predicted molar refractivity (Wildman–Crippen MR) is 197 cm³/mol. The number of phenolic OH excluding ortho intramolecular Hbond substituents is 1. The topological polar surface area (TPSA) is 106 Å². The van der Waals surface area contributed by atoms with E-state index in [1.165, 1.54) is 36.4 Å². The number of halogens is 2. The highest BCUT2D eigenvalue weighted by Crippen LogP contribution is 2.44. The molecule has 1 aromatic heterocycles. The first kappa shape index (κ1) is 35.2. The zero-order valence-electron chi connectivity index (χ0n) is 29.8. The van der Waals surface area contributed by atoms with Crippen LogP contribution in [-0.4, -0.2) is 82.2 Å². The van der Waals surface area contributed by atoms with Gasteiger partial charge >= 0.3 is 6.01 Å². The summed E-state index contributed by atoms with van der Waals surface area (Å²) in [6.45, 7) is 11.2. The van der Waals surface area contributed by atoms with Crippen molar-refractivity contribution in [2.45, 2.75) is 64.0 Å². The summed E-state index contributed by atoms with van der Waals surface area (Å²) >= 11 is 0. The largest absolute Gasteiger partial charge is 0.508 e. The van der Waals surface area contributed by atoms with Crippen LogP contribution in [0.3, 0.4) is 0 Å². The molecule has 3 aliphatic rings. The lowest BCUT2D eigenvalue weighted by molar-refractivity contribution is -0.128. The Morgan fingerprint density at radius 1 is 1.15 bits per heavy atom. The number of nitrogens with zero attached hydrogens (tertiary/aromatic N) is 6. The van der Waals surface area contributed by atoms with Crippen LogP contribution in [0.2, 0.25) is 0 Å². The summed E-state index contributed by atoms with van der Waals surface area (Å²) in [7, 11) is 1.76. The van der Waals surface area contributed by atoms with Crippen LogP contribution in [0.15, 0.2) is 43.0 Å². The van der Waals surface area contributed by atoms with Crippen LogP contribution in [-0.2, 0) is 4.79 Å². The highest BCUT2D eigenvalue weighted by molar-refractivity contribution is 6.05. The Morgan fingerprint density at radius 2 is 1.88 bits per heavy atom. The maximum atomic E-state index is 17.4. The first-order valence-corrected chi connectivity index (χ1v) is 17.8. The number of terminal acetylenes is 1. The fraction of sp³-hybridized carbons (Fsp3) is 0.415. The van der Waals surface area contributed by atoms with E-state index in [9.17, 15) is 15.2 Å². The molecule has 4 heterocycles. The summed E-state index contributed by atoms with van der Waals surface area (Å²) in [6, 6.07) is 8.75. The number of hydrogen-bond acceptors (Lipinski definition) is 8. The van der Waals surface area contributed by atoms with Crippen molar-refractivity contribution in [2.24, 2.45) is 5.41 Å². The Hall–Kier alpha value is -5.26. The van der Waals surface area contributed by atoms with Gasteiger partial charge in [0, 0.05) is 36.5 Å². The van der Waals surface area contributed by atoms with Gasteiger partial charge in [-0.05, 0) is 98.3 Å². The number of amides is 1. The number of carbonyl (C=O) groups excluding carboxylic acids is 1. The van der Waals surface area contributed by atoms with Gasteiger partial charge in [-0.25, -0.2) is 8.78 Å². The van der Waals surface area contributed by atoms with E-state index in [4.69, 9.17) is 16.1 Å². The summed E-state index contributed by atoms with van der Waals surface area (Å²) < 4.78 is 38.9. The average molecular weight is 705 g/mol. The second kappa shape index (κ2) is 13.4. The number of anilines is 1. The molecule has 4 aromatic rings. The molecule has 11 heteroatoms. The molecule has 3 fully saturated rings. The molecular weight excluding hydrogens is 662 g/mol. The predicted octanol–water partition coefficient (Wildman–Crippen LogP) is 6.93. The molecule has 0 radical (unpaired) electrons. The highest BCUT2D eigenvalue weighted by atomic mass is 19.1. The molecule has 0 saturated carbocycles. The van der Waals surface area contributed by atoms with Gasteiger partial charge in [0.2, 0.25) is 5.91 Å². The van der Waals surface area contributed by atoms with Gasteiger partial charge in [0.1, 0.15) is 29.5 Å². The number of aromatic nitrogens is 2. The number of phenols is 1. The van der Waals surface area contributed by atoms with Gasteiger partial charge in [-0.3, -0.25) is 9.69 Å². The minimum Gasteiger partial charge on any atom is -0.508 e. The lowest BCUT2D eigenvalue weighted by Crippen LogP contribution is -2.50. The maximum Gasteiger partial charge on any atom is 0.319 e. The van der Waals surface area contributed by atoms with Crippen LogP contribution in [0.1, 0.15) is 63.5 Å². The third-order valence-corrected chi connectivity index (χ3v) is 11.6. The Kier molecular flexibility index (Phi) is 9.04. The number of rotatable bonds is 7. The van der Waals surface area contributed by atoms with E-state index in [-0.39, 0.29) is 73.2 Å². The van der Waals surface area contributed by atoms with Gasteiger partial charge in [0.25, 0.3) is 0 Å². The molecule has 3 aliphatic heterocycles. The quantitative estimate of drug-likeness (QED) is 0.163. The van der Waals surface area contributed by atoms with Crippen LogP contribution < -0.4 is 9.64 Å². The summed E-state index contributed by atoms with van der Waals surface area (Å²) in [5, 5.41) is 22.1. The van der Waals surface area contributed by atoms with E-state index in [2.05, 4.69) is 42.3 Å². The molecule has 7 rings (SSSR count). The summed E-state index contributed by atoms with van der Waals surface area (Å²) in [5.74, 6) is 0.793. The third-order valence-electron chi connectivity index (χ3n) is 11.6. The molecule has 0 spiro atoms. The fourth-order valence-electron chi connectivity index (χ4n) is 8.85. The molecule has 1 amide bonds. The Bertz CT molecular complexity index is 2200. The SMILES string of the molecule is C#Cc1c(F)ccc2cc(O)cc(-c3c(C#N)cc4c(N5CCCC(C)(C)C(N(C)C(=O)C=C)C5)nc(OCC56CCCN5CCC6)nc4c3F)c12. The fourth-order valence-corrected chi connectivity index (χ4v) is 8.85. The van der Waals surface area contributed by atoms with Crippen LogP contribution in [0.4, 0.5) is 14.6 Å². The number of likely N-dealkylation sites (N-methyl/N-ethyl adjacent to an activating group) is 1. The van der Waals surface area contributed by atoms with Crippen LogP contribution in [0.25, 0.3) is 32.8 Å². The molecule has 9 nitrogen and oxygen atoms in total. The van der Waals surface area contributed by atoms with Gasteiger partial charge in [-0.15, -0.1) is 6.42 Å². The van der Waals surface area contributed by atoms with Crippen molar-refractivity contribution in [3.05, 3.63) is 65.7 Å². The van der Waals surface area contributed by atoms with E-state index in [1.807, 2.05) is 4.90 Å². The number of ether oxygens (including phenoxy) is 1. The molecule has 3 saturated heterocycles. The Labute approximate surface area is 302 Å². The average Bonchev–Trinajstić information content (AvgIpc) is 3.67. The molecule has 1 atom stereocenters. The van der Waals surface area contributed by atoms with Gasteiger partial charge in [-0.1, -0.05) is 32.4 Å². The molecule has 1 N–H and O–H groups in total. The van der Waals surface area contributed by atoms with Gasteiger partial charge in [-0.2, -0.15) is 15.2 Å². The first-order valence-electron chi connectivity index (χ1n) is 17.8. The third kappa shape index (κ3) is 5.87. The molecular formula is C41H42F2N6O3. The van der Waals surface area contributed by atoms with E-state index < -0.39 is 11.6 Å². The van der Waals surface area contributed by atoms with Crippen LogP contribution in [0.5, 0.6) is 11.8 Å². The number of hydrogen-bond donors (Lipinski definition) is 1. The second-order valence-corrected chi connectivity index (χ2v) is 15.0. The smallest absolute Gasteiger partial charge is 0.319 e. The molecule has 0 aliphatic carbocycles. The van der Waals surface area contributed by atoms with Crippen molar-refractivity contribution >= 4 is 33.4 Å². The molecule has 1 unspecified atom stereocenters. The standard InChI is InChI=1S/C41H42F2N6O3/c1-6-28-31(42)12-11-25-19-27(50)21-29(34(25)28)35-26(22-44)20-30-37(36(35)43)45-39(52-24-41-14-9-17-49(41)18-10-15-41)46-38(30)48-16-8-13-40(3,4)32(23-48)47(5)33(51)7-2/h1,7,11-12,19-21,32,50H,2,8-10,13-18,23-24H2,3-5H3. The summed E-state index contributed by atoms with van der Waals surface area (Å²) in [5.41, 5.74) is -0.781. The van der Waals surface area contributed by atoms with E-state index in [0.717, 1.165) is 51.6 Å². The zero-order chi connectivity index (χ0) is 36.9. The lowest BCUT2D eigenvalue weighted by Gasteiger charge is -2.40. The number of aromatic hydroxyl groups is 1. The zero-order valence-corrected chi connectivity index (χ0v) is 29.8. The van der Waals surface area contributed by atoms with Crippen molar-refractivity contribution < 1.29 is 23.4 Å². The number of carbonyl (C=O) groups is 1. The Balaban J connectivity index is 1.45. The van der Waals surface area contributed by atoms with Crippen molar-refractivity contribution in [2.75, 3.05) is 44.7 Å². The summed E-state index contributed by atoms with van der Waals surface area (Å²) in [4.78, 5) is 28.7. The lowest BCUT2D eigenvalue weighted by atomic mass is 9.80. The minimum absolute atomic E-state index is 0.00288. The molecule has 0 bridgehead atoms. The summed E-state index contributed by atoms with van der Waals surface area (Å²) in [6.07, 6.45) is 12.7. The number of fused-ring (bicyclic) bond motifs is 3. The first-order chi connectivity index (χ1) is 24.9. The minimum atomic E-state index is -0.853. The normalized spacial score (nSPS) is 19.5. The van der Waals surface area contributed by atoms with Gasteiger partial charge in [0.15, 0.2) is 5.82 Å². The van der Waals surface area contributed by atoms with Gasteiger partial charge in [0.05, 0.1) is 28.8 Å². The monoisotopic (exact) mass is 704 g/mol. The molecule has 3 aromatic carbocycles. The van der Waals surface area contributed by atoms with Crippen molar-refractivity contribution in [3.63, 3.8) is 0 Å². The number of nitriles is 1. The van der Waals surface area contributed by atoms with E-state index >= 15 is 8.78 Å². The molecule has 268 valence electrons. The molecule has 52 heavy (non-hydrogen) atoms. The highest BCUT2D eigenvalue weighted by Gasteiger charge is 2.45. The van der Waals surface area contributed by atoms with Crippen LogP contribution >= 0.6 is 0 Å². The Morgan fingerprint density at radius 3 is 2.58 bits per heavy atom. The second-order valence-electron chi connectivity index (χ2n) is 15.0. The number of benzene rings is 3.